The molecule has 0 radical (unpaired) electrons. The standard InChI is InChI=1S/C17H17NO4.C8H13NO2/c19-16(20)15(11-13-7-3-1-4-8-13)18-17(21)22-12-14-9-5-2-6-10-14;10-8(11)7-4-5-2-1-3-6(5)9-7/h1-10,15H,11-12H2,(H,18,21)(H,19,20);5-7,9H,1-4H2,(H,10,11)/t15-;5-,6-,7+/m01/s1. The molecule has 1 saturated carbocycles. The van der Waals surface area contributed by atoms with Gasteiger partial charge < -0.3 is 25.6 Å². The number of carbonyl (C=O) groups excluding carboxylic acids is 1. The molecule has 2 aromatic rings. The van der Waals surface area contributed by atoms with Crippen molar-refractivity contribution in [2.45, 2.75) is 56.8 Å². The number of nitrogens with one attached hydrogen (secondary N) is 2. The number of fused-ring (bicyclic) bond motifs is 1. The predicted molar refractivity (Wildman–Crippen MR) is 122 cm³/mol. The van der Waals surface area contributed by atoms with Crippen molar-refractivity contribution >= 4 is 18.0 Å². The van der Waals surface area contributed by atoms with Crippen LogP contribution in [-0.2, 0) is 27.4 Å². The van der Waals surface area contributed by atoms with Gasteiger partial charge in [-0.15, -0.1) is 0 Å². The molecule has 2 aromatic carbocycles. The van der Waals surface area contributed by atoms with Gasteiger partial charge in [-0.1, -0.05) is 67.1 Å². The van der Waals surface area contributed by atoms with Crippen LogP contribution < -0.4 is 10.6 Å². The highest BCUT2D eigenvalue weighted by molar-refractivity contribution is 5.80. The van der Waals surface area contributed by atoms with E-state index >= 15 is 0 Å². The van der Waals surface area contributed by atoms with Gasteiger partial charge in [0.05, 0.1) is 0 Å². The minimum Gasteiger partial charge on any atom is -0.480 e. The van der Waals surface area contributed by atoms with Crippen LogP contribution in [0.5, 0.6) is 0 Å². The Hall–Kier alpha value is -3.39. The average molecular weight is 455 g/mol. The van der Waals surface area contributed by atoms with Crippen molar-refractivity contribution in [2.24, 2.45) is 5.92 Å². The van der Waals surface area contributed by atoms with Crippen LogP contribution in [0.15, 0.2) is 60.7 Å². The van der Waals surface area contributed by atoms with Gasteiger partial charge in [0, 0.05) is 12.5 Å². The zero-order valence-corrected chi connectivity index (χ0v) is 18.4. The smallest absolute Gasteiger partial charge is 0.408 e. The summed E-state index contributed by atoms with van der Waals surface area (Å²) in [5.74, 6) is -1.13. The number of benzene rings is 2. The quantitative estimate of drug-likeness (QED) is 0.506. The van der Waals surface area contributed by atoms with Crippen LogP contribution in [0.3, 0.4) is 0 Å². The number of carboxylic acid groups (broad SMARTS) is 2. The highest BCUT2D eigenvalue weighted by atomic mass is 16.5. The minimum absolute atomic E-state index is 0.102. The van der Waals surface area contributed by atoms with E-state index in [0.717, 1.165) is 17.5 Å². The molecule has 1 heterocycles. The van der Waals surface area contributed by atoms with Crippen molar-refractivity contribution in [1.29, 1.82) is 0 Å². The Bertz CT molecular complexity index is 909. The van der Waals surface area contributed by atoms with Crippen LogP contribution in [0.2, 0.25) is 0 Å². The third kappa shape index (κ3) is 7.61. The molecule has 4 rings (SSSR count). The third-order valence-electron chi connectivity index (χ3n) is 6.00. The molecule has 1 aliphatic heterocycles. The molecule has 8 nitrogen and oxygen atoms in total. The first kappa shape index (κ1) is 24.3. The Balaban J connectivity index is 0.000000231. The van der Waals surface area contributed by atoms with E-state index in [1.807, 2.05) is 60.7 Å². The van der Waals surface area contributed by atoms with Crippen LogP contribution in [-0.4, -0.2) is 46.4 Å². The van der Waals surface area contributed by atoms with Crippen molar-refractivity contribution in [3.8, 4) is 0 Å². The van der Waals surface area contributed by atoms with Gasteiger partial charge in [0.2, 0.25) is 0 Å². The van der Waals surface area contributed by atoms with E-state index in [1.165, 1.54) is 19.3 Å². The Morgan fingerprint density at radius 1 is 0.970 bits per heavy atom. The van der Waals surface area contributed by atoms with Gasteiger partial charge in [0.15, 0.2) is 0 Å². The monoisotopic (exact) mass is 454 g/mol. The molecule has 0 unspecified atom stereocenters. The van der Waals surface area contributed by atoms with Gasteiger partial charge in [0.25, 0.3) is 0 Å². The summed E-state index contributed by atoms with van der Waals surface area (Å²) in [6, 6.07) is 17.5. The van der Waals surface area contributed by atoms with Crippen LogP contribution >= 0.6 is 0 Å². The topological polar surface area (TPSA) is 125 Å². The number of hydrogen-bond donors (Lipinski definition) is 4. The Morgan fingerprint density at radius 2 is 1.61 bits per heavy atom. The second kappa shape index (κ2) is 12.0. The molecule has 8 heteroatoms. The molecule has 2 aliphatic rings. The van der Waals surface area contributed by atoms with Crippen LogP contribution in [0.1, 0.15) is 36.8 Å². The zero-order valence-electron chi connectivity index (χ0n) is 18.4. The van der Waals surface area contributed by atoms with E-state index in [4.69, 9.17) is 9.84 Å². The van der Waals surface area contributed by atoms with Gasteiger partial charge in [-0.3, -0.25) is 4.79 Å². The highest BCUT2D eigenvalue weighted by Gasteiger charge is 2.39. The lowest BCUT2D eigenvalue weighted by Crippen LogP contribution is -2.42. The molecule has 4 atom stereocenters. The lowest BCUT2D eigenvalue weighted by atomic mass is 10.0. The van der Waals surface area contributed by atoms with Crippen molar-refractivity contribution < 1.29 is 29.3 Å². The van der Waals surface area contributed by atoms with Gasteiger partial charge in [0.1, 0.15) is 18.7 Å². The summed E-state index contributed by atoms with van der Waals surface area (Å²) < 4.78 is 5.03. The van der Waals surface area contributed by atoms with Crippen molar-refractivity contribution in [3.63, 3.8) is 0 Å². The molecule has 1 amide bonds. The summed E-state index contributed by atoms with van der Waals surface area (Å²) in [4.78, 5) is 33.5. The Labute approximate surface area is 193 Å². The fraction of sp³-hybridized carbons (Fsp3) is 0.400. The second-order valence-electron chi connectivity index (χ2n) is 8.38. The van der Waals surface area contributed by atoms with E-state index in [1.54, 1.807) is 0 Å². The molecule has 1 aliphatic carbocycles. The van der Waals surface area contributed by atoms with Gasteiger partial charge in [-0.25, -0.2) is 9.59 Å². The lowest BCUT2D eigenvalue weighted by Gasteiger charge is -2.14. The SMILES string of the molecule is O=C(N[C@@H](Cc1ccccc1)C(=O)O)OCc1ccccc1.O=C(O)[C@@H]1C[C@H]2CCC[C@H]2N1. The average Bonchev–Trinajstić information content (AvgIpc) is 3.42. The number of ether oxygens (including phenoxy) is 1. The Morgan fingerprint density at radius 3 is 2.18 bits per heavy atom. The van der Waals surface area contributed by atoms with E-state index < -0.39 is 24.1 Å². The second-order valence-corrected chi connectivity index (χ2v) is 8.38. The minimum atomic E-state index is -1.10. The first-order valence-corrected chi connectivity index (χ1v) is 11.1. The Kier molecular flexibility index (Phi) is 8.83. The number of rotatable bonds is 7. The van der Waals surface area contributed by atoms with Crippen LogP contribution in [0, 0.1) is 5.92 Å². The number of carbonyl (C=O) groups is 3. The van der Waals surface area contributed by atoms with Crippen molar-refractivity contribution in [3.05, 3.63) is 71.8 Å². The fourth-order valence-electron chi connectivity index (χ4n) is 4.30. The summed E-state index contributed by atoms with van der Waals surface area (Å²) in [5, 5.41) is 23.4. The summed E-state index contributed by atoms with van der Waals surface area (Å²) >= 11 is 0. The molecule has 0 aromatic heterocycles. The first-order chi connectivity index (χ1) is 15.9. The van der Waals surface area contributed by atoms with Gasteiger partial charge in [-0.05, 0) is 36.3 Å². The molecular weight excluding hydrogens is 424 g/mol. The maximum atomic E-state index is 11.7. The molecular formula is C25H30N2O6. The number of hydrogen-bond acceptors (Lipinski definition) is 5. The molecule has 4 N–H and O–H groups in total. The number of alkyl carbamates (subject to hydrolysis) is 1. The normalized spacial score (nSPS) is 21.8. The summed E-state index contributed by atoms with van der Waals surface area (Å²) in [5.41, 5.74) is 1.67. The lowest BCUT2D eigenvalue weighted by molar-refractivity contribution is -0.140. The van der Waals surface area contributed by atoms with Crippen LogP contribution in [0.25, 0.3) is 0 Å². The molecule has 2 fully saturated rings. The molecule has 1 saturated heterocycles. The van der Waals surface area contributed by atoms with E-state index in [2.05, 4.69) is 10.6 Å². The van der Waals surface area contributed by atoms with E-state index in [9.17, 15) is 19.5 Å². The summed E-state index contributed by atoms with van der Waals surface area (Å²) in [6.07, 6.45) is 3.98. The zero-order chi connectivity index (χ0) is 23.6. The van der Waals surface area contributed by atoms with Crippen molar-refractivity contribution in [1.82, 2.24) is 10.6 Å². The highest BCUT2D eigenvalue weighted by Crippen LogP contribution is 2.34. The third-order valence-corrected chi connectivity index (χ3v) is 6.00. The predicted octanol–water partition coefficient (Wildman–Crippen LogP) is 3.21. The summed E-state index contributed by atoms with van der Waals surface area (Å²) in [7, 11) is 0. The van der Waals surface area contributed by atoms with E-state index in [0.29, 0.717) is 12.0 Å². The molecule has 176 valence electrons. The summed E-state index contributed by atoms with van der Waals surface area (Å²) in [6.45, 7) is 0.102. The maximum absolute atomic E-state index is 11.7. The van der Waals surface area contributed by atoms with Crippen LogP contribution in [0.4, 0.5) is 4.79 Å². The number of amides is 1. The largest absolute Gasteiger partial charge is 0.480 e. The van der Waals surface area contributed by atoms with Gasteiger partial charge >= 0.3 is 18.0 Å². The number of aliphatic carboxylic acids is 2. The number of carboxylic acids is 2. The molecule has 33 heavy (non-hydrogen) atoms. The van der Waals surface area contributed by atoms with E-state index in [-0.39, 0.29) is 19.1 Å². The maximum Gasteiger partial charge on any atom is 0.408 e. The fourth-order valence-corrected chi connectivity index (χ4v) is 4.30. The van der Waals surface area contributed by atoms with Gasteiger partial charge in [-0.2, -0.15) is 0 Å². The van der Waals surface area contributed by atoms with Crippen molar-refractivity contribution in [2.75, 3.05) is 0 Å². The molecule has 0 spiro atoms. The first-order valence-electron chi connectivity index (χ1n) is 11.1. The molecule has 0 bridgehead atoms.